The van der Waals surface area contributed by atoms with Crippen LogP contribution in [0, 0.1) is 5.92 Å². The number of nitrogens with one attached hydrogen (secondary N) is 1. The van der Waals surface area contributed by atoms with E-state index in [2.05, 4.69) is 10.3 Å². The predicted molar refractivity (Wildman–Crippen MR) is 101 cm³/mol. The lowest BCUT2D eigenvalue weighted by molar-refractivity contribution is -0.124. The van der Waals surface area contributed by atoms with Crippen LogP contribution in [0.3, 0.4) is 0 Å². The van der Waals surface area contributed by atoms with Crippen LogP contribution in [0.2, 0.25) is 0 Å². The SMILES string of the molecule is O=C(NCc1cn(-c2ccccc2)nc1-c1ccncc1)C1CCCC1. The molecule has 0 spiro atoms. The largest absolute Gasteiger partial charge is 0.352 e. The summed E-state index contributed by atoms with van der Waals surface area (Å²) in [6.45, 7) is 0.486. The molecule has 1 aliphatic rings. The standard InChI is InChI=1S/C21H22N4O/c26-21(17-6-4-5-7-17)23-14-18-15-25(19-8-2-1-3-9-19)24-20(18)16-10-12-22-13-11-16/h1-3,8-13,15,17H,4-7,14H2,(H,23,26). The van der Waals surface area contributed by atoms with Gasteiger partial charge >= 0.3 is 0 Å². The second-order valence-electron chi connectivity index (χ2n) is 6.72. The summed E-state index contributed by atoms with van der Waals surface area (Å²) in [5.74, 6) is 0.333. The van der Waals surface area contributed by atoms with Crippen molar-refractivity contribution in [3.8, 4) is 16.9 Å². The van der Waals surface area contributed by atoms with Gasteiger partial charge in [0.05, 0.1) is 11.4 Å². The fourth-order valence-corrected chi connectivity index (χ4v) is 3.52. The van der Waals surface area contributed by atoms with E-state index in [9.17, 15) is 4.79 Å². The van der Waals surface area contributed by atoms with Gasteiger partial charge in [0.1, 0.15) is 0 Å². The van der Waals surface area contributed by atoms with Crippen LogP contribution in [0.5, 0.6) is 0 Å². The first-order chi connectivity index (χ1) is 12.8. The van der Waals surface area contributed by atoms with Gasteiger partial charge in [-0.1, -0.05) is 31.0 Å². The molecule has 0 bridgehead atoms. The van der Waals surface area contributed by atoms with Crippen LogP contribution in [0.25, 0.3) is 16.9 Å². The predicted octanol–water partition coefficient (Wildman–Crippen LogP) is 3.74. The molecule has 3 aromatic rings. The van der Waals surface area contributed by atoms with Gasteiger partial charge in [0, 0.05) is 42.2 Å². The quantitative estimate of drug-likeness (QED) is 0.765. The number of amides is 1. The Morgan fingerprint density at radius 3 is 2.54 bits per heavy atom. The number of aromatic nitrogens is 3. The lowest BCUT2D eigenvalue weighted by atomic mass is 10.1. The van der Waals surface area contributed by atoms with E-state index >= 15 is 0 Å². The van der Waals surface area contributed by atoms with Crippen molar-refractivity contribution in [2.75, 3.05) is 0 Å². The smallest absolute Gasteiger partial charge is 0.223 e. The first-order valence-electron chi connectivity index (χ1n) is 9.13. The summed E-state index contributed by atoms with van der Waals surface area (Å²) < 4.78 is 1.87. The minimum absolute atomic E-state index is 0.163. The first kappa shape index (κ1) is 16.5. The van der Waals surface area contributed by atoms with E-state index in [4.69, 9.17) is 5.10 Å². The Morgan fingerprint density at radius 1 is 1.08 bits per heavy atom. The molecule has 0 radical (unpaired) electrons. The minimum atomic E-state index is 0.163. The van der Waals surface area contributed by atoms with Crippen LogP contribution in [0.1, 0.15) is 31.2 Å². The molecule has 4 rings (SSSR count). The molecule has 2 heterocycles. The van der Waals surface area contributed by atoms with Crippen molar-refractivity contribution in [1.82, 2.24) is 20.1 Å². The number of para-hydroxylation sites is 1. The van der Waals surface area contributed by atoms with E-state index in [1.54, 1.807) is 12.4 Å². The van der Waals surface area contributed by atoms with Gasteiger partial charge < -0.3 is 5.32 Å². The zero-order valence-corrected chi connectivity index (χ0v) is 14.6. The van der Waals surface area contributed by atoms with E-state index in [0.717, 1.165) is 48.2 Å². The van der Waals surface area contributed by atoms with E-state index in [-0.39, 0.29) is 11.8 Å². The summed E-state index contributed by atoms with van der Waals surface area (Å²) in [6.07, 6.45) is 9.85. The topological polar surface area (TPSA) is 59.8 Å². The van der Waals surface area contributed by atoms with Gasteiger partial charge in [0.15, 0.2) is 0 Å². The number of hydrogen-bond acceptors (Lipinski definition) is 3. The van der Waals surface area contributed by atoms with Gasteiger partial charge in [-0.15, -0.1) is 0 Å². The Balaban J connectivity index is 1.61. The van der Waals surface area contributed by atoms with Crippen molar-refractivity contribution < 1.29 is 4.79 Å². The summed E-state index contributed by atoms with van der Waals surface area (Å²) >= 11 is 0. The molecule has 1 aromatic carbocycles. The summed E-state index contributed by atoms with van der Waals surface area (Å²) in [5.41, 5.74) is 3.88. The highest BCUT2D eigenvalue weighted by atomic mass is 16.1. The maximum atomic E-state index is 12.4. The highest BCUT2D eigenvalue weighted by molar-refractivity contribution is 5.79. The fourth-order valence-electron chi connectivity index (χ4n) is 3.52. The molecule has 0 aliphatic heterocycles. The Kier molecular flexibility index (Phi) is 4.78. The minimum Gasteiger partial charge on any atom is -0.352 e. The summed E-state index contributed by atoms with van der Waals surface area (Å²) in [7, 11) is 0. The maximum Gasteiger partial charge on any atom is 0.223 e. The van der Waals surface area contributed by atoms with Crippen molar-refractivity contribution in [3.63, 3.8) is 0 Å². The second-order valence-corrected chi connectivity index (χ2v) is 6.72. The number of hydrogen-bond donors (Lipinski definition) is 1. The molecule has 1 aliphatic carbocycles. The molecule has 0 unspecified atom stereocenters. The van der Waals surface area contributed by atoms with Crippen LogP contribution >= 0.6 is 0 Å². The van der Waals surface area contributed by atoms with E-state index in [0.29, 0.717) is 6.54 Å². The molecule has 1 N–H and O–H groups in total. The van der Waals surface area contributed by atoms with Gasteiger partial charge in [-0.2, -0.15) is 5.10 Å². The van der Waals surface area contributed by atoms with Crippen molar-refractivity contribution in [3.05, 3.63) is 66.6 Å². The average Bonchev–Trinajstić information content (AvgIpc) is 3.38. The van der Waals surface area contributed by atoms with Crippen LogP contribution in [0.15, 0.2) is 61.1 Å². The van der Waals surface area contributed by atoms with Gasteiger partial charge in [-0.3, -0.25) is 9.78 Å². The van der Waals surface area contributed by atoms with Crippen molar-refractivity contribution in [2.24, 2.45) is 5.92 Å². The van der Waals surface area contributed by atoms with Crippen molar-refractivity contribution >= 4 is 5.91 Å². The molecule has 1 saturated carbocycles. The molecule has 5 heteroatoms. The molecule has 1 amide bonds. The van der Waals surface area contributed by atoms with Crippen LogP contribution in [-0.2, 0) is 11.3 Å². The van der Waals surface area contributed by atoms with Crippen LogP contribution < -0.4 is 5.32 Å². The Labute approximate surface area is 153 Å². The number of pyridine rings is 1. The highest BCUT2D eigenvalue weighted by Gasteiger charge is 2.23. The van der Waals surface area contributed by atoms with Gasteiger partial charge in [-0.25, -0.2) is 4.68 Å². The zero-order chi connectivity index (χ0) is 17.8. The van der Waals surface area contributed by atoms with E-state index in [1.807, 2.05) is 53.3 Å². The molecule has 2 aromatic heterocycles. The first-order valence-corrected chi connectivity index (χ1v) is 9.13. The monoisotopic (exact) mass is 346 g/mol. The van der Waals surface area contributed by atoms with Crippen LogP contribution in [0.4, 0.5) is 0 Å². The van der Waals surface area contributed by atoms with Crippen molar-refractivity contribution in [1.29, 1.82) is 0 Å². The van der Waals surface area contributed by atoms with Crippen LogP contribution in [-0.4, -0.2) is 20.7 Å². The molecular weight excluding hydrogens is 324 g/mol. The number of rotatable bonds is 5. The summed E-state index contributed by atoms with van der Waals surface area (Å²) in [5, 5.41) is 7.87. The van der Waals surface area contributed by atoms with E-state index in [1.165, 1.54) is 0 Å². The third-order valence-electron chi connectivity index (χ3n) is 4.94. The Hall–Kier alpha value is -2.95. The normalized spacial score (nSPS) is 14.5. The molecular formula is C21H22N4O. The van der Waals surface area contributed by atoms with Gasteiger partial charge in [0.2, 0.25) is 5.91 Å². The molecule has 1 fully saturated rings. The molecule has 0 saturated heterocycles. The lowest BCUT2D eigenvalue weighted by Gasteiger charge is -2.10. The fraction of sp³-hybridized carbons (Fsp3) is 0.286. The molecule has 26 heavy (non-hydrogen) atoms. The summed E-state index contributed by atoms with van der Waals surface area (Å²) in [4.78, 5) is 16.5. The second kappa shape index (κ2) is 7.52. The highest BCUT2D eigenvalue weighted by Crippen LogP contribution is 2.26. The average molecular weight is 346 g/mol. The molecule has 132 valence electrons. The maximum absolute atomic E-state index is 12.4. The third kappa shape index (κ3) is 3.52. The zero-order valence-electron chi connectivity index (χ0n) is 14.6. The molecule has 0 atom stereocenters. The van der Waals surface area contributed by atoms with Gasteiger partial charge in [-0.05, 0) is 37.1 Å². The third-order valence-corrected chi connectivity index (χ3v) is 4.94. The Morgan fingerprint density at radius 2 is 1.81 bits per heavy atom. The van der Waals surface area contributed by atoms with Crippen molar-refractivity contribution in [2.45, 2.75) is 32.2 Å². The number of carbonyl (C=O) groups is 1. The number of carbonyl (C=O) groups excluding carboxylic acids is 1. The Bertz CT molecular complexity index is 868. The number of nitrogens with zero attached hydrogens (tertiary/aromatic N) is 3. The lowest BCUT2D eigenvalue weighted by Crippen LogP contribution is -2.28. The summed E-state index contributed by atoms with van der Waals surface area (Å²) in [6, 6.07) is 13.9. The van der Waals surface area contributed by atoms with E-state index < -0.39 is 0 Å². The molecule has 5 nitrogen and oxygen atoms in total. The number of benzene rings is 1. The van der Waals surface area contributed by atoms with Gasteiger partial charge in [0.25, 0.3) is 0 Å².